The zero-order valence-corrected chi connectivity index (χ0v) is 11.7. The number of hydrogen-bond acceptors (Lipinski definition) is 2. The fourth-order valence-electron chi connectivity index (χ4n) is 1.72. The maximum absolute atomic E-state index is 9.20. The van der Waals surface area contributed by atoms with Crippen LogP contribution in [0, 0.1) is 18.3 Å². The molecule has 0 bridgehead atoms. The van der Waals surface area contributed by atoms with E-state index in [4.69, 9.17) is 0 Å². The summed E-state index contributed by atoms with van der Waals surface area (Å²) < 4.78 is 0. The molecule has 0 saturated heterocycles. The molecule has 0 heterocycles. The molecule has 0 radical (unpaired) electrons. The van der Waals surface area contributed by atoms with Crippen LogP contribution in [0.15, 0.2) is 18.2 Å². The van der Waals surface area contributed by atoms with Crippen LogP contribution in [0.3, 0.4) is 0 Å². The summed E-state index contributed by atoms with van der Waals surface area (Å²) in [7, 11) is 1.98. The summed E-state index contributed by atoms with van der Waals surface area (Å²) >= 11 is 0. The minimum absolute atomic E-state index is 0.486. The van der Waals surface area contributed by atoms with Crippen LogP contribution < -0.4 is 4.90 Å². The summed E-state index contributed by atoms with van der Waals surface area (Å²) in [4.78, 5) is 2.05. The maximum atomic E-state index is 9.20. The summed E-state index contributed by atoms with van der Waals surface area (Å²) in [5.74, 6) is 0.507. The second-order valence-corrected chi connectivity index (χ2v) is 5.43. The zero-order chi connectivity index (χ0) is 13.2. The van der Waals surface area contributed by atoms with Gasteiger partial charge in [0.25, 0.3) is 0 Å². The number of nitriles is 1. The Labute approximate surface area is 105 Å². The van der Waals surface area contributed by atoms with E-state index in [1.54, 1.807) is 0 Å². The van der Waals surface area contributed by atoms with Gasteiger partial charge in [-0.05, 0) is 43.9 Å². The number of aryl methyl sites for hydroxylation is 1. The number of benzene rings is 1. The SMILES string of the molecule is Cc1ccc(C(C)C)cc1N(C)C(C)(C)C#N. The van der Waals surface area contributed by atoms with E-state index in [0.29, 0.717) is 5.92 Å². The minimum atomic E-state index is -0.486. The van der Waals surface area contributed by atoms with E-state index in [0.717, 1.165) is 5.69 Å². The molecule has 1 rings (SSSR count). The van der Waals surface area contributed by atoms with Gasteiger partial charge in [-0.3, -0.25) is 0 Å². The van der Waals surface area contributed by atoms with E-state index in [9.17, 15) is 5.26 Å². The van der Waals surface area contributed by atoms with Crippen molar-refractivity contribution in [3.63, 3.8) is 0 Å². The quantitative estimate of drug-likeness (QED) is 0.788. The van der Waals surface area contributed by atoms with E-state index in [-0.39, 0.29) is 0 Å². The van der Waals surface area contributed by atoms with Crippen LogP contribution in [0.1, 0.15) is 44.7 Å². The molecule has 1 aromatic rings. The highest BCUT2D eigenvalue weighted by Gasteiger charge is 2.24. The third-order valence-electron chi connectivity index (χ3n) is 3.37. The van der Waals surface area contributed by atoms with Crippen LogP contribution in [0.25, 0.3) is 0 Å². The number of hydrogen-bond donors (Lipinski definition) is 0. The molecule has 2 nitrogen and oxygen atoms in total. The highest BCUT2D eigenvalue weighted by atomic mass is 15.2. The molecule has 0 aliphatic heterocycles. The van der Waals surface area contributed by atoms with Crippen molar-refractivity contribution >= 4 is 5.69 Å². The van der Waals surface area contributed by atoms with E-state index < -0.39 is 5.54 Å². The van der Waals surface area contributed by atoms with Gasteiger partial charge in [-0.15, -0.1) is 0 Å². The topological polar surface area (TPSA) is 27.0 Å². The van der Waals surface area contributed by atoms with Crippen LogP contribution in [0.2, 0.25) is 0 Å². The van der Waals surface area contributed by atoms with Crippen LogP contribution in [0.4, 0.5) is 5.69 Å². The zero-order valence-electron chi connectivity index (χ0n) is 11.7. The van der Waals surface area contributed by atoms with Crippen molar-refractivity contribution in [3.05, 3.63) is 29.3 Å². The highest BCUT2D eigenvalue weighted by molar-refractivity contribution is 5.57. The standard InChI is InChI=1S/C15H22N2/c1-11(2)13-8-7-12(3)14(9-13)17(6)15(4,5)10-16/h7-9,11H,1-6H3. The predicted octanol–water partition coefficient (Wildman–Crippen LogP) is 3.86. The van der Waals surface area contributed by atoms with Crippen LogP contribution >= 0.6 is 0 Å². The van der Waals surface area contributed by atoms with Gasteiger partial charge in [0.2, 0.25) is 0 Å². The Morgan fingerprint density at radius 3 is 2.35 bits per heavy atom. The molecule has 0 aliphatic carbocycles. The summed E-state index contributed by atoms with van der Waals surface area (Å²) in [6.07, 6.45) is 0. The first kappa shape index (κ1) is 13.6. The van der Waals surface area contributed by atoms with Crippen LogP contribution in [-0.4, -0.2) is 12.6 Å². The van der Waals surface area contributed by atoms with Crippen LogP contribution in [0.5, 0.6) is 0 Å². The third-order valence-corrected chi connectivity index (χ3v) is 3.37. The molecule has 0 fully saturated rings. The van der Waals surface area contributed by atoms with E-state index >= 15 is 0 Å². The second-order valence-electron chi connectivity index (χ2n) is 5.43. The monoisotopic (exact) mass is 230 g/mol. The van der Waals surface area contributed by atoms with Crippen LogP contribution in [-0.2, 0) is 0 Å². The van der Waals surface area contributed by atoms with Crippen molar-refractivity contribution in [1.82, 2.24) is 0 Å². The van der Waals surface area contributed by atoms with Crippen molar-refractivity contribution in [1.29, 1.82) is 5.26 Å². The first-order chi connectivity index (χ1) is 7.79. The lowest BCUT2D eigenvalue weighted by Crippen LogP contribution is -2.40. The Balaban J connectivity index is 3.22. The molecule has 92 valence electrons. The first-order valence-electron chi connectivity index (χ1n) is 6.05. The lowest BCUT2D eigenvalue weighted by Gasteiger charge is -2.33. The first-order valence-corrected chi connectivity index (χ1v) is 6.05. The number of anilines is 1. The Bertz CT molecular complexity index is 439. The number of rotatable bonds is 3. The van der Waals surface area contributed by atoms with Gasteiger partial charge in [0.05, 0.1) is 6.07 Å². The normalized spacial score (nSPS) is 11.4. The van der Waals surface area contributed by atoms with E-state index in [1.807, 2.05) is 25.8 Å². The van der Waals surface area contributed by atoms with Gasteiger partial charge >= 0.3 is 0 Å². The largest absolute Gasteiger partial charge is 0.357 e. The van der Waals surface area contributed by atoms with Gasteiger partial charge in [-0.1, -0.05) is 26.0 Å². The Kier molecular flexibility index (Phi) is 3.83. The lowest BCUT2D eigenvalue weighted by molar-refractivity contribution is 0.615. The van der Waals surface area contributed by atoms with Gasteiger partial charge in [-0.2, -0.15) is 5.26 Å². The summed E-state index contributed by atoms with van der Waals surface area (Å²) in [6, 6.07) is 8.83. The fourth-order valence-corrected chi connectivity index (χ4v) is 1.72. The van der Waals surface area contributed by atoms with Crippen molar-refractivity contribution in [3.8, 4) is 6.07 Å². The van der Waals surface area contributed by atoms with Crippen molar-refractivity contribution in [2.24, 2.45) is 0 Å². The molecule has 0 aromatic heterocycles. The van der Waals surface area contributed by atoms with E-state index in [2.05, 4.69) is 45.0 Å². The molecule has 1 aromatic carbocycles. The molecule has 0 atom stereocenters. The summed E-state index contributed by atoms with van der Waals surface area (Å²) in [5.41, 5.74) is 3.18. The minimum Gasteiger partial charge on any atom is -0.357 e. The highest BCUT2D eigenvalue weighted by Crippen LogP contribution is 2.28. The van der Waals surface area contributed by atoms with Gasteiger partial charge < -0.3 is 4.90 Å². The van der Waals surface area contributed by atoms with Crippen molar-refractivity contribution in [2.45, 2.75) is 46.1 Å². The smallest absolute Gasteiger partial charge is 0.121 e. The fraction of sp³-hybridized carbons (Fsp3) is 0.533. The Hall–Kier alpha value is -1.49. The van der Waals surface area contributed by atoms with Gasteiger partial charge in [0, 0.05) is 12.7 Å². The molecule has 2 heteroatoms. The number of nitrogens with zero attached hydrogens (tertiary/aromatic N) is 2. The Morgan fingerprint density at radius 1 is 1.29 bits per heavy atom. The average molecular weight is 230 g/mol. The summed E-state index contributed by atoms with van der Waals surface area (Å²) in [5, 5.41) is 9.20. The molecule has 0 saturated carbocycles. The predicted molar refractivity (Wildman–Crippen MR) is 73.4 cm³/mol. The molecule has 0 unspecified atom stereocenters. The summed E-state index contributed by atoms with van der Waals surface area (Å²) in [6.45, 7) is 10.3. The molecule has 0 spiro atoms. The van der Waals surface area contributed by atoms with Gasteiger partial charge in [0.15, 0.2) is 0 Å². The molecular formula is C15H22N2. The average Bonchev–Trinajstić information content (AvgIpc) is 2.28. The van der Waals surface area contributed by atoms with Crippen molar-refractivity contribution in [2.75, 3.05) is 11.9 Å². The Morgan fingerprint density at radius 2 is 1.88 bits per heavy atom. The molecule has 0 N–H and O–H groups in total. The van der Waals surface area contributed by atoms with E-state index in [1.165, 1.54) is 11.1 Å². The van der Waals surface area contributed by atoms with Crippen molar-refractivity contribution < 1.29 is 0 Å². The second kappa shape index (κ2) is 4.79. The molecule has 0 aliphatic rings. The third kappa shape index (κ3) is 2.79. The maximum Gasteiger partial charge on any atom is 0.121 e. The van der Waals surface area contributed by atoms with Gasteiger partial charge in [-0.25, -0.2) is 0 Å². The van der Waals surface area contributed by atoms with Gasteiger partial charge in [0.1, 0.15) is 5.54 Å². The molecule has 0 amide bonds. The molecular weight excluding hydrogens is 208 g/mol. The lowest BCUT2D eigenvalue weighted by atomic mass is 9.98. The molecule has 17 heavy (non-hydrogen) atoms.